The lowest BCUT2D eigenvalue weighted by atomic mass is 10.2. The quantitative estimate of drug-likeness (QED) is 0.546. The lowest BCUT2D eigenvalue weighted by Crippen LogP contribution is -2.00. The van der Waals surface area contributed by atoms with Gasteiger partial charge in [0.25, 0.3) is 0 Å². The van der Waals surface area contributed by atoms with Crippen LogP contribution in [0.2, 0.25) is 5.02 Å². The number of hydrogen-bond donors (Lipinski definition) is 0. The van der Waals surface area contributed by atoms with Crippen LogP contribution in [0.4, 0.5) is 0 Å². The fourth-order valence-electron chi connectivity index (χ4n) is 2.26. The van der Waals surface area contributed by atoms with Gasteiger partial charge in [0.2, 0.25) is 0 Å². The van der Waals surface area contributed by atoms with Crippen LogP contribution in [0.25, 0.3) is 16.7 Å². The van der Waals surface area contributed by atoms with Gasteiger partial charge in [-0.2, -0.15) is 0 Å². The Kier molecular flexibility index (Phi) is 3.76. The molecule has 1 aromatic heterocycles. The predicted molar refractivity (Wildman–Crippen MR) is 88.1 cm³/mol. The highest BCUT2D eigenvalue weighted by atomic mass is 79.9. The van der Waals surface area contributed by atoms with Crippen molar-refractivity contribution in [3.8, 4) is 5.69 Å². The summed E-state index contributed by atoms with van der Waals surface area (Å²) in [6.07, 6.45) is 0. The Morgan fingerprint density at radius 1 is 1.20 bits per heavy atom. The molecular formula is C15H11BrCl2N2. The summed E-state index contributed by atoms with van der Waals surface area (Å²) in [5.41, 5.74) is 4.00. The van der Waals surface area contributed by atoms with Gasteiger partial charge in [-0.1, -0.05) is 33.6 Å². The molecule has 0 aliphatic rings. The molecule has 0 spiro atoms. The van der Waals surface area contributed by atoms with E-state index in [1.165, 1.54) is 5.56 Å². The average molecular weight is 370 g/mol. The van der Waals surface area contributed by atoms with Crippen molar-refractivity contribution in [2.75, 3.05) is 0 Å². The van der Waals surface area contributed by atoms with Crippen LogP contribution in [0.1, 0.15) is 11.4 Å². The molecule has 0 N–H and O–H groups in total. The Morgan fingerprint density at radius 2 is 2.00 bits per heavy atom. The van der Waals surface area contributed by atoms with E-state index in [-0.39, 0.29) is 0 Å². The molecule has 20 heavy (non-hydrogen) atoms. The Labute approximate surface area is 135 Å². The van der Waals surface area contributed by atoms with E-state index in [0.717, 1.165) is 27.0 Å². The van der Waals surface area contributed by atoms with Crippen molar-refractivity contribution >= 4 is 50.2 Å². The maximum atomic E-state index is 6.36. The molecule has 0 saturated carbocycles. The molecule has 2 aromatic carbocycles. The monoisotopic (exact) mass is 368 g/mol. The highest BCUT2D eigenvalue weighted by molar-refractivity contribution is 9.10. The van der Waals surface area contributed by atoms with Gasteiger partial charge in [0, 0.05) is 4.47 Å². The van der Waals surface area contributed by atoms with Crippen molar-refractivity contribution in [2.45, 2.75) is 12.8 Å². The van der Waals surface area contributed by atoms with Gasteiger partial charge in [-0.05, 0) is 42.8 Å². The molecule has 0 saturated heterocycles. The SMILES string of the molecule is Cc1ccc2c(c1)nc(CCl)n2-c1ccc(Br)cc1Cl. The zero-order valence-electron chi connectivity index (χ0n) is 10.7. The van der Waals surface area contributed by atoms with E-state index < -0.39 is 0 Å². The molecule has 5 heteroatoms. The number of alkyl halides is 1. The third-order valence-electron chi connectivity index (χ3n) is 3.15. The molecule has 0 radical (unpaired) electrons. The summed E-state index contributed by atoms with van der Waals surface area (Å²) in [5.74, 6) is 1.12. The number of hydrogen-bond acceptors (Lipinski definition) is 1. The first-order valence-electron chi connectivity index (χ1n) is 6.09. The minimum absolute atomic E-state index is 0.333. The number of fused-ring (bicyclic) bond motifs is 1. The normalized spacial score (nSPS) is 11.2. The van der Waals surface area contributed by atoms with E-state index in [0.29, 0.717) is 10.9 Å². The van der Waals surface area contributed by atoms with Crippen molar-refractivity contribution in [3.05, 3.63) is 57.3 Å². The van der Waals surface area contributed by atoms with Crippen LogP contribution < -0.4 is 0 Å². The molecule has 0 aliphatic carbocycles. The summed E-state index contributed by atoms with van der Waals surface area (Å²) in [5, 5.41) is 0.658. The van der Waals surface area contributed by atoms with Gasteiger partial charge in [0.1, 0.15) is 5.82 Å². The van der Waals surface area contributed by atoms with E-state index in [4.69, 9.17) is 23.2 Å². The molecule has 0 amide bonds. The second kappa shape index (κ2) is 5.40. The molecule has 0 bridgehead atoms. The minimum atomic E-state index is 0.333. The molecule has 1 heterocycles. The highest BCUT2D eigenvalue weighted by Gasteiger charge is 2.14. The fraction of sp³-hybridized carbons (Fsp3) is 0.133. The number of nitrogens with zero attached hydrogens (tertiary/aromatic N) is 2. The minimum Gasteiger partial charge on any atom is -0.294 e. The maximum Gasteiger partial charge on any atom is 0.129 e. The van der Waals surface area contributed by atoms with E-state index in [1.807, 2.05) is 35.8 Å². The number of rotatable bonds is 2. The van der Waals surface area contributed by atoms with Gasteiger partial charge < -0.3 is 0 Å². The van der Waals surface area contributed by atoms with Crippen molar-refractivity contribution in [1.29, 1.82) is 0 Å². The van der Waals surface area contributed by atoms with Gasteiger partial charge in [0.15, 0.2) is 0 Å². The molecule has 2 nitrogen and oxygen atoms in total. The molecule has 0 atom stereocenters. The predicted octanol–water partition coefficient (Wildman–Crippen LogP) is 5.49. The summed E-state index contributed by atoms with van der Waals surface area (Å²) >= 11 is 15.8. The zero-order chi connectivity index (χ0) is 14.3. The molecule has 3 rings (SSSR count). The summed E-state index contributed by atoms with van der Waals surface area (Å²) in [7, 11) is 0. The van der Waals surface area contributed by atoms with Crippen molar-refractivity contribution in [2.24, 2.45) is 0 Å². The molecule has 0 aliphatic heterocycles. The zero-order valence-corrected chi connectivity index (χ0v) is 13.8. The molecule has 0 fully saturated rings. The van der Waals surface area contributed by atoms with E-state index in [2.05, 4.69) is 33.0 Å². The number of halogens is 3. The maximum absolute atomic E-state index is 6.36. The number of benzene rings is 2. The first-order chi connectivity index (χ1) is 9.60. The van der Waals surface area contributed by atoms with Crippen LogP contribution in [0.3, 0.4) is 0 Å². The number of aromatic nitrogens is 2. The van der Waals surface area contributed by atoms with Crippen LogP contribution in [-0.2, 0) is 5.88 Å². The Hall–Kier alpha value is -1.03. The summed E-state index contributed by atoms with van der Waals surface area (Å²) in [6, 6.07) is 11.9. The average Bonchev–Trinajstić information content (AvgIpc) is 2.76. The van der Waals surface area contributed by atoms with E-state index in [9.17, 15) is 0 Å². The van der Waals surface area contributed by atoms with Crippen molar-refractivity contribution < 1.29 is 0 Å². The molecule has 3 aromatic rings. The van der Waals surface area contributed by atoms with Crippen LogP contribution in [0.5, 0.6) is 0 Å². The van der Waals surface area contributed by atoms with Gasteiger partial charge in [0.05, 0.1) is 27.6 Å². The molecule has 102 valence electrons. The molecule has 0 unspecified atom stereocenters. The fourth-order valence-corrected chi connectivity index (χ4v) is 3.20. The van der Waals surface area contributed by atoms with Crippen LogP contribution >= 0.6 is 39.1 Å². The van der Waals surface area contributed by atoms with Crippen molar-refractivity contribution in [1.82, 2.24) is 9.55 Å². The third kappa shape index (κ3) is 2.34. The lowest BCUT2D eigenvalue weighted by molar-refractivity contribution is 0.982. The third-order valence-corrected chi connectivity index (χ3v) is 4.18. The topological polar surface area (TPSA) is 17.8 Å². The Balaban J connectivity index is 2.34. The largest absolute Gasteiger partial charge is 0.294 e. The number of aryl methyl sites for hydroxylation is 1. The van der Waals surface area contributed by atoms with Gasteiger partial charge in [-0.25, -0.2) is 4.98 Å². The summed E-state index contributed by atoms with van der Waals surface area (Å²) in [6.45, 7) is 2.05. The van der Waals surface area contributed by atoms with E-state index in [1.54, 1.807) is 0 Å². The van der Waals surface area contributed by atoms with Crippen LogP contribution in [-0.4, -0.2) is 9.55 Å². The summed E-state index contributed by atoms with van der Waals surface area (Å²) < 4.78 is 2.95. The number of imidazole rings is 1. The van der Waals surface area contributed by atoms with Gasteiger partial charge in [-0.15, -0.1) is 11.6 Å². The smallest absolute Gasteiger partial charge is 0.129 e. The molecular weight excluding hydrogens is 359 g/mol. The first kappa shape index (κ1) is 13.9. The Bertz CT molecular complexity index is 796. The van der Waals surface area contributed by atoms with Crippen LogP contribution in [0, 0.1) is 6.92 Å². The summed E-state index contributed by atoms with van der Waals surface area (Å²) in [4.78, 5) is 4.59. The first-order valence-corrected chi connectivity index (χ1v) is 7.80. The van der Waals surface area contributed by atoms with Gasteiger partial charge >= 0.3 is 0 Å². The second-order valence-electron chi connectivity index (χ2n) is 4.58. The second-order valence-corrected chi connectivity index (χ2v) is 6.18. The van der Waals surface area contributed by atoms with Crippen LogP contribution in [0.15, 0.2) is 40.9 Å². The highest BCUT2D eigenvalue weighted by Crippen LogP contribution is 2.30. The lowest BCUT2D eigenvalue weighted by Gasteiger charge is -2.10. The Morgan fingerprint density at radius 3 is 2.70 bits per heavy atom. The standard InChI is InChI=1S/C15H11BrCl2N2/c1-9-2-4-14-12(6-9)19-15(8-17)20(14)13-5-3-10(16)7-11(13)18/h2-7H,8H2,1H3. The van der Waals surface area contributed by atoms with Gasteiger partial charge in [-0.3, -0.25) is 4.57 Å². The van der Waals surface area contributed by atoms with E-state index >= 15 is 0 Å². The van der Waals surface area contributed by atoms with Crippen molar-refractivity contribution in [3.63, 3.8) is 0 Å².